The number of fused-ring (bicyclic) bond motifs is 8. The zero-order valence-corrected chi connectivity index (χ0v) is 66.5. The molecule has 9 heteroatoms. The van der Waals surface area contributed by atoms with Crippen LogP contribution in [0.4, 0.5) is 17.1 Å². The zero-order chi connectivity index (χ0) is 75.9. The van der Waals surface area contributed by atoms with E-state index in [2.05, 4.69) is 338 Å². The van der Waals surface area contributed by atoms with Gasteiger partial charge in [0.1, 0.15) is 11.5 Å². The van der Waals surface area contributed by atoms with Gasteiger partial charge < -0.3 is 29.4 Å². The molecule has 0 spiro atoms. The van der Waals surface area contributed by atoms with Gasteiger partial charge in [0.25, 0.3) is 0 Å². The second-order valence-electron chi connectivity index (χ2n) is 36.5. The number of aromatic amines is 2. The average Bonchev–Trinajstić information content (AvgIpc) is 0.991. The minimum Gasteiger partial charge on any atom is -0.496 e. The number of methoxy groups -OCH3 is 2. The van der Waals surface area contributed by atoms with Crippen molar-refractivity contribution in [1.29, 1.82) is 0 Å². The van der Waals surface area contributed by atoms with Crippen LogP contribution in [0, 0.1) is 23.7 Å². The van der Waals surface area contributed by atoms with Gasteiger partial charge in [-0.25, -0.2) is 14.8 Å². The molecule has 8 bridgehead atoms. The Hall–Kier alpha value is -10.1. The summed E-state index contributed by atoms with van der Waals surface area (Å²) in [5, 5.41) is 9.81. The molecule has 6 aromatic carbocycles. The number of carboxylic acid groups (broad SMARTS) is 1. The molecule has 9 nitrogen and oxygen atoms in total. The maximum Gasteiger partial charge on any atom is 0.335 e. The average molecular weight is 1380 g/mol. The number of H-pyrrole nitrogens is 2. The number of carbonyl (C=O) groups is 1. The molecular formula is C95H107N5O4. The number of hydrogen-bond donors (Lipinski definition) is 3. The normalized spacial score (nSPS) is 12.9. The molecule has 0 radical (unpaired) electrons. The molecule has 0 saturated heterocycles. The van der Waals surface area contributed by atoms with E-state index in [0.29, 0.717) is 22.5 Å². The predicted molar refractivity (Wildman–Crippen MR) is 439 cm³/mol. The van der Waals surface area contributed by atoms with Gasteiger partial charge in [-0.3, -0.25) is 0 Å². The van der Waals surface area contributed by atoms with Crippen LogP contribution in [0.2, 0.25) is 0 Å². The zero-order valence-electron chi connectivity index (χ0n) is 66.5. The topological polar surface area (TPSA) is 116 Å². The third kappa shape index (κ3) is 15.7. The number of nitrogens with one attached hydrogen (secondary N) is 2. The summed E-state index contributed by atoms with van der Waals surface area (Å²) in [5.74, 6) is 15.3. The van der Waals surface area contributed by atoms with E-state index >= 15 is 0 Å². The maximum absolute atomic E-state index is 12.0. The highest BCUT2D eigenvalue weighted by atomic mass is 16.5. The summed E-state index contributed by atoms with van der Waals surface area (Å²) in [4.78, 5) is 33.6. The fourth-order valence-corrected chi connectivity index (χ4v) is 13.6. The van der Waals surface area contributed by atoms with Crippen molar-refractivity contribution in [3.8, 4) is 57.4 Å². The van der Waals surface area contributed by atoms with E-state index in [1.807, 2.05) is 0 Å². The second-order valence-corrected chi connectivity index (χ2v) is 36.5. The highest BCUT2D eigenvalue weighted by molar-refractivity contribution is 5.97. The first-order valence-corrected chi connectivity index (χ1v) is 36.5. The van der Waals surface area contributed by atoms with Crippen molar-refractivity contribution < 1.29 is 19.4 Å². The molecule has 9 aromatic rings. The van der Waals surface area contributed by atoms with Crippen LogP contribution in [0.15, 0.2) is 133 Å². The molecule has 2 aliphatic heterocycles. The van der Waals surface area contributed by atoms with Gasteiger partial charge >= 0.3 is 5.97 Å². The number of anilines is 3. The van der Waals surface area contributed by atoms with Crippen LogP contribution in [0.5, 0.6) is 11.5 Å². The Morgan fingerprint density at radius 2 is 0.663 bits per heavy atom. The Morgan fingerprint density at radius 1 is 0.356 bits per heavy atom. The summed E-state index contributed by atoms with van der Waals surface area (Å²) in [6.45, 7) is 54.3. The van der Waals surface area contributed by atoms with Gasteiger partial charge in [-0.05, 0) is 198 Å². The van der Waals surface area contributed by atoms with E-state index in [-0.39, 0.29) is 48.9 Å². The summed E-state index contributed by atoms with van der Waals surface area (Å²) in [7, 11) is 3.59. The number of aromatic carboxylic acids is 1. The van der Waals surface area contributed by atoms with Crippen LogP contribution in [0.1, 0.15) is 266 Å². The summed E-state index contributed by atoms with van der Waals surface area (Å²) < 4.78 is 12.7. The number of aromatic nitrogens is 4. The highest BCUT2D eigenvalue weighted by Gasteiger charge is 2.34. The molecule has 104 heavy (non-hydrogen) atoms. The highest BCUT2D eigenvalue weighted by Crippen LogP contribution is 2.50. The third-order valence-corrected chi connectivity index (χ3v) is 19.9. The van der Waals surface area contributed by atoms with E-state index in [1.165, 1.54) is 22.3 Å². The van der Waals surface area contributed by atoms with Crippen LogP contribution in [-0.4, -0.2) is 45.2 Å². The standard InChI is InChI=1S/C95H107N5O4/c1-88(2,3)62-47-60(48-63(51-62)89(4,5)6)83-79-43-39-75(96-79)69(37-31-57-27-33-59(34-28-57)87(101)102)76-40-44-80(97-76)84(61-49-64(90(7,8)9)52-65(50-61)91(10,11)12)82-46-42-78(99-82)70(77-41-45-81(83)98-77)38-32-58-29-35-66(36-30-58)100(67-53-71(92(13,14)15)85(103-25)72(54-67)93(16,17)18)68-55-73(94(19,20)21)86(104-26)74(56-68)95(22,23)24/h27-30,33-36,39-56,96,98H,1-26H3,(H,101,102). The van der Waals surface area contributed by atoms with E-state index in [4.69, 9.17) is 19.4 Å². The molecule has 5 heterocycles. The van der Waals surface area contributed by atoms with E-state index in [1.54, 1.807) is 38.5 Å². The summed E-state index contributed by atoms with van der Waals surface area (Å²) in [5.41, 5.74) is 23.8. The van der Waals surface area contributed by atoms with Crippen molar-refractivity contribution in [1.82, 2.24) is 19.9 Å². The first kappa shape index (κ1) is 75.1. The van der Waals surface area contributed by atoms with Crippen molar-refractivity contribution in [2.24, 2.45) is 0 Å². The molecule has 0 fully saturated rings. The third-order valence-electron chi connectivity index (χ3n) is 19.9. The lowest BCUT2D eigenvalue weighted by Crippen LogP contribution is -2.23. The summed E-state index contributed by atoms with van der Waals surface area (Å²) in [6.07, 6.45) is 8.35. The van der Waals surface area contributed by atoms with Gasteiger partial charge in [0.15, 0.2) is 0 Å². The van der Waals surface area contributed by atoms with Gasteiger partial charge in [-0.2, -0.15) is 0 Å². The predicted octanol–water partition coefficient (Wildman–Crippen LogP) is 24.4. The van der Waals surface area contributed by atoms with E-state index in [0.717, 1.165) is 118 Å². The number of nitrogens with zero attached hydrogens (tertiary/aromatic N) is 3. The fraction of sp³-hybridized carbons (Fsp3) is 0.358. The van der Waals surface area contributed by atoms with Gasteiger partial charge in [0.05, 0.1) is 64.7 Å². The SMILES string of the molecule is COc1c(C(C)(C)C)cc(N(c2ccc(C#Cc3c4nc(c(-c5cc(C(C)(C)C)cc(C(C)(C)C)c5)c5nc(c(C#Cc6ccc(C(=O)O)cc6)c6ccc([nH]6)c(-c6cc(C(C)(C)C)cc(C(C)(C)C)c6)c6ccc3[nH]6)C=C5)C=C4)cc2)c2cc(C(C)(C)C)c(OC)c(C(C)(C)C)c2)cc1C(C)(C)C. The Balaban J connectivity index is 1.23. The van der Waals surface area contributed by atoms with E-state index in [9.17, 15) is 9.90 Å². The molecular weight excluding hydrogens is 1280 g/mol. The van der Waals surface area contributed by atoms with Crippen LogP contribution < -0.4 is 14.4 Å². The van der Waals surface area contributed by atoms with Crippen LogP contribution in [0.25, 0.3) is 68.6 Å². The first-order chi connectivity index (χ1) is 48.3. The lowest BCUT2D eigenvalue weighted by Gasteiger charge is -2.35. The Morgan fingerprint density at radius 3 is 0.971 bits per heavy atom. The van der Waals surface area contributed by atoms with Gasteiger partial charge in [-0.15, -0.1) is 0 Å². The minimum atomic E-state index is -0.994. The Kier molecular flexibility index (Phi) is 19.6. The molecule has 0 aliphatic carbocycles. The van der Waals surface area contributed by atoms with Gasteiger partial charge in [0, 0.05) is 72.6 Å². The van der Waals surface area contributed by atoms with Crippen LogP contribution >= 0.6 is 0 Å². The monoisotopic (exact) mass is 1380 g/mol. The lowest BCUT2D eigenvalue weighted by molar-refractivity contribution is 0.0696. The fourth-order valence-electron chi connectivity index (χ4n) is 13.6. The molecule has 3 N–H and O–H groups in total. The molecule has 0 atom stereocenters. The maximum atomic E-state index is 12.0. The molecule has 0 saturated carbocycles. The number of ether oxygens (including phenoxy) is 2. The quantitative estimate of drug-likeness (QED) is 0.130. The number of benzene rings is 6. The van der Waals surface area contributed by atoms with Crippen molar-refractivity contribution in [3.05, 3.63) is 229 Å². The number of hydrogen-bond acceptors (Lipinski definition) is 6. The molecule has 3 aromatic heterocycles. The summed E-state index contributed by atoms with van der Waals surface area (Å²) in [6, 6.07) is 47.2. The second kappa shape index (κ2) is 27.2. The smallest absolute Gasteiger partial charge is 0.335 e. The van der Waals surface area contributed by atoms with Crippen molar-refractivity contribution in [2.75, 3.05) is 19.1 Å². The van der Waals surface area contributed by atoms with Gasteiger partial charge in [-0.1, -0.05) is 226 Å². The van der Waals surface area contributed by atoms with Crippen molar-refractivity contribution in [3.63, 3.8) is 0 Å². The Bertz CT molecular complexity index is 5040. The minimum absolute atomic E-state index is 0.175. The molecule has 11 rings (SSSR count). The summed E-state index contributed by atoms with van der Waals surface area (Å²) >= 11 is 0. The Labute approximate surface area is 619 Å². The molecule has 536 valence electrons. The molecule has 2 aliphatic rings. The van der Waals surface area contributed by atoms with Crippen LogP contribution in [0.3, 0.4) is 0 Å². The van der Waals surface area contributed by atoms with Crippen LogP contribution in [-0.2, 0) is 43.3 Å². The number of rotatable bonds is 8. The first-order valence-electron chi connectivity index (χ1n) is 36.5. The van der Waals surface area contributed by atoms with Crippen molar-refractivity contribution in [2.45, 2.75) is 209 Å². The van der Waals surface area contributed by atoms with E-state index < -0.39 is 5.97 Å². The number of carboxylic acids is 1. The molecule has 0 amide bonds. The van der Waals surface area contributed by atoms with Crippen molar-refractivity contribution >= 4 is 69.4 Å². The van der Waals surface area contributed by atoms with Gasteiger partial charge in [0.2, 0.25) is 0 Å². The molecule has 0 unspecified atom stereocenters. The lowest BCUT2D eigenvalue weighted by atomic mass is 9.78. The largest absolute Gasteiger partial charge is 0.496 e.